The molecule has 0 aliphatic heterocycles. The van der Waals surface area contributed by atoms with Gasteiger partial charge in [-0.15, -0.1) is 0 Å². The molecule has 4 aromatic rings. The summed E-state index contributed by atoms with van der Waals surface area (Å²) < 4.78 is 29.3. The molecule has 0 radical (unpaired) electrons. The minimum absolute atomic E-state index is 0.0814. The van der Waals surface area contributed by atoms with Crippen LogP contribution in [0.1, 0.15) is 29.2 Å². The number of aryl methyl sites for hydroxylation is 2. The lowest BCUT2D eigenvalue weighted by molar-refractivity contribution is -0.140. The molecule has 42 heavy (non-hydrogen) atoms. The number of hydrogen-bond donors (Lipinski definition) is 1. The largest absolute Gasteiger partial charge is 0.355 e. The Morgan fingerprint density at radius 3 is 1.95 bits per heavy atom. The molecule has 7 nitrogen and oxygen atoms in total. The first-order valence-electron chi connectivity index (χ1n) is 14.0. The van der Waals surface area contributed by atoms with Crippen LogP contribution in [0.3, 0.4) is 0 Å². The summed E-state index contributed by atoms with van der Waals surface area (Å²) in [6, 6.07) is 31.7. The minimum atomic E-state index is -4.12. The second-order valence-corrected chi connectivity index (χ2v) is 12.1. The molecular weight excluding hydrogens is 546 g/mol. The van der Waals surface area contributed by atoms with E-state index in [1.807, 2.05) is 93.6 Å². The summed E-state index contributed by atoms with van der Waals surface area (Å²) in [5, 5.41) is 2.88. The van der Waals surface area contributed by atoms with E-state index >= 15 is 0 Å². The summed E-state index contributed by atoms with van der Waals surface area (Å²) in [6.07, 6.45) is 0.278. The van der Waals surface area contributed by atoms with Crippen molar-refractivity contribution in [2.45, 2.75) is 44.7 Å². The standard InChI is InChI=1S/C34H37N3O4S/c1-4-35-34(39)32(23-28-14-8-5-9-15-28)36(24-29-16-10-6-11-17-29)33(38)25-37(31-22-26(2)20-21-27(31)3)42(40,41)30-18-12-7-13-19-30/h5-22,32H,4,23-25H2,1-3H3,(H,35,39)/t32-/m1/s1. The molecule has 0 spiro atoms. The number of benzene rings is 4. The number of hydrogen-bond acceptors (Lipinski definition) is 4. The van der Waals surface area contributed by atoms with Crippen LogP contribution in [0.4, 0.5) is 5.69 Å². The van der Waals surface area contributed by atoms with Crippen molar-refractivity contribution in [1.29, 1.82) is 0 Å². The number of anilines is 1. The van der Waals surface area contributed by atoms with E-state index in [2.05, 4.69) is 5.32 Å². The van der Waals surface area contributed by atoms with E-state index < -0.39 is 28.5 Å². The molecule has 0 unspecified atom stereocenters. The molecule has 1 atom stereocenters. The van der Waals surface area contributed by atoms with Gasteiger partial charge in [-0.25, -0.2) is 8.42 Å². The van der Waals surface area contributed by atoms with Crippen molar-refractivity contribution in [2.24, 2.45) is 0 Å². The van der Waals surface area contributed by atoms with Crippen molar-refractivity contribution >= 4 is 27.5 Å². The highest BCUT2D eigenvalue weighted by Gasteiger charge is 2.34. The monoisotopic (exact) mass is 583 g/mol. The van der Waals surface area contributed by atoms with E-state index in [-0.39, 0.29) is 23.8 Å². The van der Waals surface area contributed by atoms with Gasteiger partial charge in [-0.3, -0.25) is 13.9 Å². The Morgan fingerprint density at radius 1 is 0.786 bits per heavy atom. The minimum Gasteiger partial charge on any atom is -0.355 e. The summed E-state index contributed by atoms with van der Waals surface area (Å²) in [5.74, 6) is -0.777. The summed E-state index contributed by atoms with van der Waals surface area (Å²) in [4.78, 5) is 29.5. The zero-order chi connectivity index (χ0) is 30.1. The fourth-order valence-electron chi connectivity index (χ4n) is 4.85. The smallest absolute Gasteiger partial charge is 0.264 e. The molecule has 0 saturated heterocycles. The third kappa shape index (κ3) is 7.44. The molecule has 0 fully saturated rings. The van der Waals surface area contributed by atoms with Gasteiger partial charge in [0.2, 0.25) is 11.8 Å². The lowest BCUT2D eigenvalue weighted by Gasteiger charge is -2.34. The zero-order valence-electron chi connectivity index (χ0n) is 24.2. The second-order valence-electron chi connectivity index (χ2n) is 10.2. The summed E-state index contributed by atoms with van der Waals surface area (Å²) in [7, 11) is -4.12. The van der Waals surface area contributed by atoms with E-state index in [9.17, 15) is 18.0 Å². The quantitative estimate of drug-likeness (QED) is 0.246. The summed E-state index contributed by atoms with van der Waals surface area (Å²) >= 11 is 0. The molecule has 2 amide bonds. The number of nitrogens with zero attached hydrogens (tertiary/aromatic N) is 2. The highest BCUT2D eigenvalue weighted by Crippen LogP contribution is 2.28. The van der Waals surface area contributed by atoms with Gasteiger partial charge in [0.15, 0.2) is 0 Å². The predicted octanol–water partition coefficient (Wildman–Crippen LogP) is 5.27. The van der Waals surface area contributed by atoms with Gasteiger partial charge in [-0.05, 0) is 61.2 Å². The highest BCUT2D eigenvalue weighted by atomic mass is 32.2. The van der Waals surface area contributed by atoms with Crippen LogP contribution in [-0.4, -0.2) is 44.3 Å². The molecule has 1 N–H and O–H groups in total. The molecule has 0 aliphatic rings. The third-order valence-corrected chi connectivity index (χ3v) is 8.84. The van der Waals surface area contributed by atoms with Gasteiger partial charge in [-0.2, -0.15) is 0 Å². The molecule has 0 aromatic heterocycles. The van der Waals surface area contributed by atoms with Crippen molar-refractivity contribution in [3.63, 3.8) is 0 Å². The van der Waals surface area contributed by atoms with Crippen LogP contribution in [0.25, 0.3) is 0 Å². The molecule has 4 rings (SSSR count). The maximum Gasteiger partial charge on any atom is 0.264 e. The fourth-order valence-corrected chi connectivity index (χ4v) is 6.34. The van der Waals surface area contributed by atoms with Crippen LogP contribution in [0, 0.1) is 13.8 Å². The van der Waals surface area contributed by atoms with Crippen molar-refractivity contribution < 1.29 is 18.0 Å². The summed E-state index contributed by atoms with van der Waals surface area (Å²) in [6.45, 7) is 5.59. The van der Waals surface area contributed by atoms with Crippen LogP contribution in [0.2, 0.25) is 0 Å². The van der Waals surface area contributed by atoms with E-state index in [0.29, 0.717) is 17.8 Å². The molecule has 218 valence electrons. The maximum atomic E-state index is 14.4. The van der Waals surface area contributed by atoms with Gasteiger partial charge in [0.1, 0.15) is 12.6 Å². The van der Waals surface area contributed by atoms with Gasteiger partial charge < -0.3 is 10.2 Å². The maximum absolute atomic E-state index is 14.4. The van der Waals surface area contributed by atoms with Gasteiger partial charge in [0.25, 0.3) is 10.0 Å². The first-order chi connectivity index (χ1) is 20.2. The van der Waals surface area contributed by atoms with E-state index in [0.717, 1.165) is 16.7 Å². The lowest BCUT2D eigenvalue weighted by atomic mass is 10.0. The van der Waals surface area contributed by atoms with Crippen molar-refractivity contribution in [2.75, 3.05) is 17.4 Å². The van der Waals surface area contributed by atoms with Crippen molar-refractivity contribution in [1.82, 2.24) is 10.2 Å². The SMILES string of the molecule is CCNC(=O)[C@@H](Cc1ccccc1)N(Cc1ccccc1)C(=O)CN(c1cc(C)ccc1C)S(=O)(=O)c1ccccc1. The average molecular weight is 584 g/mol. The van der Waals surface area contributed by atoms with Gasteiger partial charge in [0.05, 0.1) is 10.6 Å². The van der Waals surface area contributed by atoms with E-state index in [1.165, 1.54) is 21.3 Å². The zero-order valence-corrected chi connectivity index (χ0v) is 25.1. The number of carbonyl (C=O) groups excluding carboxylic acids is 2. The van der Waals surface area contributed by atoms with Gasteiger partial charge in [-0.1, -0.05) is 91.0 Å². The topological polar surface area (TPSA) is 86.8 Å². The van der Waals surface area contributed by atoms with Crippen LogP contribution in [-0.2, 0) is 32.6 Å². The first-order valence-corrected chi connectivity index (χ1v) is 15.4. The molecule has 0 saturated carbocycles. The number of carbonyl (C=O) groups is 2. The average Bonchev–Trinajstić information content (AvgIpc) is 3.00. The number of sulfonamides is 1. The number of rotatable bonds is 12. The van der Waals surface area contributed by atoms with Gasteiger partial charge >= 0.3 is 0 Å². The third-order valence-electron chi connectivity index (χ3n) is 7.06. The summed E-state index contributed by atoms with van der Waals surface area (Å²) in [5.41, 5.74) is 3.72. The number of nitrogens with one attached hydrogen (secondary N) is 1. The molecule has 0 aliphatic carbocycles. The van der Waals surface area contributed by atoms with Crippen LogP contribution < -0.4 is 9.62 Å². The Morgan fingerprint density at radius 2 is 1.36 bits per heavy atom. The molecular formula is C34H37N3O4S. The van der Waals surface area contributed by atoms with Crippen molar-refractivity contribution in [3.05, 3.63) is 131 Å². The predicted molar refractivity (Wildman–Crippen MR) is 166 cm³/mol. The molecule has 4 aromatic carbocycles. The normalized spacial score (nSPS) is 11.9. The number of likely N-dealkylation sites (N-methyl/N-ethyl adjacent to an activating group) is 1. The Labute approximate surface area is 248 Å². The molecule has 0 bridgehead atoms. The molecule has 0 heterocycles. The van der Waals surface area contributed by atoms with Crippen LogP contribution >= 0.6 is 0 Å². The number of amides is 2. The Bertz CT molecular complexity index is 1590. The van der Waals surface area contributed by atoms with E-state index in [1.54, 1.807) is 24.3 Å². The van der Waals surface area contributed by atoms with E-state index in [4.69, 9.17) is 0 Å². The van der Waals surface area contributed by atoms with Crippen molar-refractivity contribution in [3.8, 4) is 0 Å². The first kappa shape index (κ1) is 30.5. The van der Waals surface area contributed by atoms with Gasteiger partial charge in [0, 0.05) is 19.5 Å². The Kier molecular flexibility index (Phi) is 10.1. The Hall–Kier alpha value is -4.43. The lowest BCUT2D eigenvalue weighted by Crippen LogP contribution is -2.53. The van der Waals surface area contributed by atoms with Crippen LogP contribution in [0.15, 0.2) is 114 Å². The second kappa shape index (κ2) is 14.0. The molecule has 8 heteroatoms. The van der Waals surface area contributed by atoms with Crippen LogP contribution in [0.5, 0.6) is 0 Å². The Balaban J connectivity index is 1.81. The fraction of sp³-hybridized carbons (Fsp3) is 0.235. The highest BCUT2D eigenvalue weighted by molar-refractivity contribution is 7.92.